The summed E-state index contributed by atoms with van der Waals surface area (Å²) < 4.78 is 0. The fourth-order valence-electron chi connectivity index (χ4n) is 0.346. The Labute approximate surface area is 71.9 Å². The quantitative estimate of drug-likeness (QED) is 0.683. The van der Waals surface area contributed by atoms with E-state index in [1.165, 1.54) is 0 Å². The van der Waals surface area contributed by atoms with Gasteiger partial charge in [0.05, 0.1) is 0 Å². The standard InChI is InChI=1S/C5H9Br2NO/c1-8(2)5(9)4(7)3-6/h4H,3H2,1-2H3/t4-/m1/s1. The Morgan fingerprint density at radius 2 is 2.11 bits per heavy atom. The first kappa shape index (κ1) is 9.43. The molecule has 0 fully saturated rings. The largest absolute Gasteiger partial charge is 0.348 e. The highest BCUT2D eigenvalue weighted by Crippen LogP contribution is 2.05. The second-order valence-electron chi connectivity index (χ2n) is 1.85. The van der Waals surface area contributed by atoms with E-state index in [1.807, 2.05) is 0 Å². The lowest BCUT2D eigenvalue weighted by Crippen LogP contribution is -2.30. The normalized spacial score (nSPS) is 12.9. The topological polar surface area (TPSA) is 20.3 Å². The molecule has 0 aromatic rings. The first-order valence-electron chi connectivity index (χ1n) is 2.50. The molecule has 1 amide bonds. The van der Waals surface area contributed by atoms with Gasteiger partial charge in [0.2, 0.25) is 5.91 Å². The van der Waals surface area contributed by atoms with E-state index in [-0.39, 0.29) is 10.7 Å². The highest BCUT2D eigenvalue weighted by Gasteiger charge is 2.13. The van der Waals surface area contributed by atoms with Gasteiger partial charge in [0, 0.05) is 19.4 Å². The van der Waals surface area contributed by atoms with Crippen LogP contribution < -0.4 is 0 Å². The predicted octanol–water partition coefficient (Wildman–Crippen LogP) is 1.23. The zero-order valence-corrected chi connectivity index (χ0v) is 8.57. The summed E-state index contributed by atoms with van der Waals surface area (Å²) in [4.78, 5) is 12.4. The van der Waals surface area contributed by atoms with Crippen molar-refractivity contribution in [3.63, 3.8) is 0 Å². The number of halogens is 2. The molecule has 54 valence electrons. The van der Waals surface area contributed by atoms with Gasteiger partial charge in [-0.15, -0.1) is 0 Å². The van der Waals surface area contributed by atoms with Gasteiger partial charge in [-0.1, -0.05) is 31.9 Å². The minimum Gasteiger partial charge on any atom is -0.348 e. The van der Waals surface area contributed by atoms with Crippen molar-refractivity contribution in [2.75, 3.05) is 19.4 Å². The third kappa shape index (κ3) is 3.20. The van der Waals surface area contributed by atoms with Crippen molar-refractivity contribution in [2.45, 2.75) is 4.83 Å². The zero-order valence-electron chi connectivity index (χ0n) is 5.40. The monoisotopic (exact) mass is 257 g/mol. The molecule has 0 rings (SSSR count). The summed E-state index contributed by atoms with van der Waals surface area (Å²) >= 11 is 6.39. The molecule has 0 aromatic carbocycles. The molecule has 0 aromatic heterocycles. The number of rotatable bonds is 2. The molecular weight excluding hydrogens is 250 g/mol. The molecule has 0 aliphatic heterocycles. The third-order valence-corrected chi connectivity index (χ3v) is 3.08. The molecule has 0 unspecified atom stereocenters. The number of carbonyl (C=O) groups is 1. The maximum atomic E-state index is 10.9. The summed E-state index contributed by atoms with van der Waals surface area (Å²) in [5.74, 6) is 0.0897. The van der Waals surface area contributed by atoms with Crippen LogP contribution >= 0.6 is 31.9 Å². The minimum absolute atomic E-state index is 0.0897. The summed E-state index contributed by atoms with van der Waals surface area (Å²) in [6, 6.07) is 0. The number of carbonyl (C=O) groups excluding carboxylic acids is 1. The Balaban J connectivity index is 3.73. The molecule has 0 N–H and O–H groups in total. The molecule has 0 saturated carbocycles. The minimum atomic E-state index is -0.0903. The number of hydrogen-bond donors (Lipinski definition) is 0. The smallest absolute Gasteiger partial charge is 0.236 e. The van der Waals surface area contributed by atoms with Crippen LogP contribution in [0.1, 0.15) is 0 Å². The van der Waals surface area contributed by atoms with Gasteiger partial charge in [-0.05, 0) is 0 Å². The lowest BCUT2D eigenvalue weighted by atomic mass is 10.4. The molecule has 4 heteroatoms. The van der Waals surface area contributed by atoms with Crippen LogP contribution in [0.15, 0.2) is 0 Å². The molecular formula is C5H9Br2NO. The molecule has 0 bridgehead atoms. The second-order valence-corrected chi connectivity index (χ2v) is 3.61. The number of nitrogens with zero attached hydrogens (tertiary/aromatic N) is 1. The van der Waals surface area contributed by atoms with Crippen LogP contribution in [0.4, 0.5) is 0 Å². The highest BCUT2D eigenvalue weighted by atomic mass is 79.9. The number of hydrogen-bond acceptors (Lipinski definition) is 1. The van der Waals surface area contributed by atoms with Crippen LogP contribution in [-0.4, -0.2) is 35.1 Å². The Bertz CT molecular complexity index is 105. The summed E-state index contributed by atoms with van der Waals surface area (Å²) in [7, 11) is 3.47. The Morgan fingerprint density at radius 3 is 2.22 bits per heavy atom. The summed E-state index contributed by atoms with van der Waals surface area (Å²) in [6.45, 7) is 0. The fourth-order valence-corrected chi connectivity index (χ4v) is 1.03. The van der Waals surface area contributed by atoms with Crippen molar-refractivity contribution in [1.82, 2.24) is 4.90 Å². The van der Waals surface area contributed by atoms with Gasteiger partial charge in [-0.2, -0.15) is 0 Å². The average Bonchev–Trinajstić information content (AvgIpc) is 1.84. The number of amides is 1. The molecule has 0 aliphatic rings. The van der Waals surface area contributed by atoms with Crippen molar-refractivity contribution in [3.8, 4) is 0 Å². The lowest BCUT2D eigenvalue weighted by molar-refractivity contribution is -0.127. The van der Waals surface area contributed by atoms with Crippen LogP contribution in [0.2, 0.25) is 0 Å². The molecule has 0 heterocycles. The summed E-state index contributed by atoms with van der Waals surface area (Å²) in [6.07, 6.45) is 0. The molecule has 0 aliphatic carbocycles. The Kier molecular flexibility index (Phi) is 4.48. The zero-order chi connectivity index (χ0) is 7.44. The van der Waals surface area contributed by atoms with Crippen LogP contribution in [0.25, 0.3) is 0 Å². The second kappa shape index (κ2) is 4.28. The van der Waals surface area contributed by atoms with Crippen LogP contribution in [0.3, 0.4) is 0 Å². The van der Waals surface area contributed by atoms with Gasteiger partial charge in [-0.3, -0.25) is 4.79 Å². The van der Waals surface area contributed by atoms with Crippen LogP contribution in [0.5, 0.6) is 0 Å². The van der Waals surface area contributed by atoms with Crippen LogP contribution in [-0.2, 0) is 4.79 Å². The van der Waals surface area contributed by atoms with E-state index in [9.17, 15) is 4.79 Å². The van der Waals surface area contributed by atoms with Crippen molar-refractivity contribution in [3.05, 3.63) is 0 Å². The van der Waals surface area contributed by atoms with Crippen molar-refractivity contribution >= 4 is 37.8 Å². The van der Waals surface area contributed by atoms with Gasteiger partial charge >= 0.3 is 0 Å². The first-order valence-corrected chi connectivity index (χ1v) is 4.54. The Hall–Kier alpha value is 0.430. The van der Waals surface area contributed by atoms with E-state index in [0.717, 1.165) is 0 Å². The molecule has 2 nitrogen and oxygen atoms in total. The van der Waals surface area contributed by atoms with E-state index in [1.54, 1.807) is 19.0 Å². The van der Waals surface area contributed by atoms with E-state index in [2.05, 4.69) is 31.9 Å². The highest BCUT2D eigenvalue weighted by molar-refractivity contribution is 9.12. The third-order valence-electron chi connectivity index (χ3n) is 0.844. The lowest BCUT2D eigenvalue weighted by Gasteiger charge is -2.12. The first-order chi connectivity index (χ1) is 4.09. The number of alkyl halides is 2. The van der Waals surface area contributed by atoms with E-state index >= 15 is 0 Å². The average molecular weight is 259 g/mol. The van der Waals surface area contributed by atoms with Gasteiger partial charge in [0.15, 0.2) is 0 Å². The van der Waals surface area contributed by atoms with Gasteiger partial charge < -0.3 is 4.90 Å². The van der Waals surface area contributed by atoms with Gasteiger partial charge in [-0.25, -0.2) is 0 Å². The van der Waals surface area contributed by atoms with Gasteiger partial charge in [0.1, 0.15) is 4.83 Å². The summed E-state index contributed by atoms with van der Waals surface area (Å²) in [5.41, 5.74) is 0. The predicted molar refractivity (Wildman–Crippen MR) is 45.2 cm³/mol. The molecule has 9 heavy (non-hydrogen) atoms. The molecule has 0 spiro atoms. The van der Waals surface area contributed by atoms with Crippen LogP contribution in [0, 0.1) is 0 Å². The molecule has 0 radical (unpaired) electrons. The van der Waals surface area contributed by atoms with E-state index in [0.29, 0.717) is 5.33 Å². The van der Waals surface area contributed by atoms with E-state index < -0.39 is 0 Å². The Morgan fingerprint density at radius 1 is 1.67 bits per heavy atom. The molecule has 1 atom stereocenters. The summed E-state index contributed by atoms with van der Waals surface area (Å²) in [5, 5.41) is 0.657. The maximum Gasteiger partial charge on any atom is 0.236 e. The van der Waals surface area contributed by atoms with Crippen molar-refractivity contribution in [2.24, 2.45) is 0 Å². The molecule has 0 saturated heterocycles. The fraction of sp³-hybridized carbons (Fsp3) is 0.800. The SMILES string of the molecule is CN(C)C(=O)[C@H](Br)CBr. The maximum absolute atomic E-state index is 10.9. The van der Waals surface area contributed by atoms with Crippen molar-refractivity contribution < 1.29 is 4.79 Å². The van der Waals surface area contributed by atoms with Crippen molar-refractivity contribution in [1.29, 1.82) is 0 Å². The van der Waals surface area contributed by atoms with E-state index in [4.69, 9.17) is 0 Å². The van der Waals surface area contributed by atoms with Gasteiger partial charge in [0.25, 0.3) is 0 Å².